The molecule has 0 atom stereocenters. The zero-order valence-corrected chi connectivity index (χ0v) is 15.2. The van der Waals surface area contributed by atoms with Gasteiger partial charge in [0.2, 0.25) is 5.91 Å². The number of rotatable bonds is 2. The largest absolute Gasteiger partial charge is 0.337 e. The Morgan fingerprint density at radius 3 is 2.96 bits per heavy atom. The number of carbonyl (C=O) groups is 1. The van der Waals surface area contributed by atoms with E-state index in [0.717, 1.165) is 53.3 Å². The average Bonchev–Trinajstić information content (AvgIpc) is 3.28. The SMILES string of the molecule is CCN1C(=O)C(C)(C)c2cc3[nH]c(-c4n[nH]c5c4CNCC5)nc3cc21. The van der Waals surface area contributed by atoms with Crippen LogP contribution in [0.4, 0.5) is 5.69 Å². The van der Waals surface area contributed by atoms with Crippen LogP contribution in [0.1, 0.15) is 37.6 Å². The average molecular weight is 350 g/mol. The van der Waals surface area contributed by atoms with Gasteiger partial charge < -0.3 is 15.2 Å². The highest BCUT2D eigenvalue weighted by atomic mass is 16.2. The zero-order chi connectivity index (χ0) is 18.1. The number of benzene rings is 1. The lowest BCUT2D eigenvalue weighted by Crippen LogP contribution is -2.35. The van der Waals surface area contributed by atoms with Crippen LogP contribution in [0.2, 0.25) is 0 Å². The van der Waals surface area contributed by atoms with Gasteiger partial charge in [0.1, 0.15) is 5.69 Å². The van der Waals surface area contributed by atoms with Crippen LogP contribution in [-0.2, 0) is 23.2 Å². The monoisotopic (exact) mass is 350 g/mol. The Hall–Kier alpha value is -2.67. The molecule has 0 saturated heterocycles. The van der Waals surface area contributed by atoms with Crippen LogP contribution in [-0.4, -0.2) is 39.2 Å². The predicted molar refractivity (Wildman–Crippen MR) is 100 cm³/mol. The highest BCUT2D eigenvalue weighted by Gasteiger charge is 2.43. The summed E-state index contributed by atoms with van der Waals surface area (Å²) in [4.78, 5) is 22.7. The number of H-pyrrole nitrogens is 2. The smallest absolute Gasteiger partial charge is 0.237 e. The van der Waals surface area contributed by atoms with Gasteiger partial charge in [0.25, 0.3) is 0 Å². The summed E-state index contributed by atoms with van der Waals surface area (Å²) in [6, 6.07) is 4.10. The molecule has 0 unspecified atom stereocenters. The first-order valence-corrected chi connectivity index (χ1v) is 9.14. The number of hydrogen-bond acceptors (Lipinski definition) is 4. The minimum absolute atomic E-state index is 0.148. The van der Waals surface area contributed by atoms with Crippen molar-refractivity contribution in [2.75, 3.05) is 18.0 Å². The highest BCUT2D eigenvalue weighted by molar-refractivity contribution is 6.09. The fraction of sp³-hybridized carbons (Fsp3) is 0.421. The standard InChI is InChI=1S/C19H22N6O/c1-4-25-15-8-14-13(7-11(15)19(2,3)18(25)26)21-17(22-14)16-10-9-20-6-5-12(10)23-24-16/h7-8,20H,4-6,9H2,1-3H3,(H,21,22)(H,23,24). The van der Waals surface area contributed by atoms with Crippen molar-refractivity contribution in [2.45, 2.75) is 39.2 Å². The molecular weight excluding hydrogens is 328 g/mol. The Bertz CT molecular complexity index is 1040. The molecule has 26 heavy (non-hydrogen) atoms. The number of aromatic nitrogens is 4. The van der Waals surface area contributed by atoms with Crippen LogP contribution in [0.15, 0.2) is 12.1 Å². The molecule has 2 aromatic heterocycles. The molecule has 3 N–H and O–H groups in total. The lowest BCUT2D eigenvalue weighted by Gasteiger charge is -2.18. The van der Waals surface area contributed by atoms with Crippen molar-refractivity contribution in [3.8, 4) is 11.5 Å². The van der Waals surface area contributed by atoms with Crippen molar-refractivity contribution in [3.63, 3.8) is 0 Å². The molecule has 7 heteroatoms. The molecule has 7 nitrogen and oxygen atoms in total. The lowest BCUT2D eigenvalue weighted by atomic mass is 9.86. The van der Waals surface area contributed by atoms with Crippen LogP contribution in [0.5, 0.6) is 0 Å². The van der Waals surface area contributed by atoms with Gasteiger partial charge in [0, 0.05) is 37.3 Å². The Morgan fingerprint density at radius 2 is 2.15 bits per heavy atom. The van der Waals surface area contributed by atoms with Gasteiger partial charge in [-0.05, 0) is 38.5 Å². The molecule has 4 heterocycles. The quantitative estimate of drug-likeness (QED) is 0.661. The van der Waals surface area contributed by atoms with Crippen molar-refractivity contribution >= 4 is 22.6 Å². The molecular formula is C19H22N6O. The maximum absolute atomic E-state index is 12.7. The van der Waals surface area contributed by atoms with Crippen molar-refractivity contribution in [1.29, 1.82) is 0 Å². The number of hydrogen-bond donors (Lipinski definition) is 3. The van der Waals surface area contributed by atoms with Crippen LogP contribution >= 0.6 is 0 Å². The molecule has 0 spiro atoms. The number of imidazole rings is 1. The molecule has 1 amide bonds. The van der Waals surface area contributed by atoms with Crippen molar-refractivity contribution in [1.82, 2.24) is 25.5 Å². The van der Waals surface area contributed by atoms with Gasteiger partial charge in [-0.3, -0.25) is 9.89 Å². The topological polar surface area (TPSA) is 89.7 Å². The highest BCUT2D eigenvalue weighted by Crippen LogP contribution is 2.43. The minimum atomic E-state index is -0.514. The van der Waals surface area contributed by atoms with Gasteiger partial charge in [0.05, 0.1) is 22.1 Å². The van der Waals surface area contributed by atoms with E-state index in [0.29, 0.717) is 6.54 Å². The summed E-state index contributed by atoms with van der Waals surface area (Å²) in [6.45, 7) is 8.42. The third-order valence-electron chi connectivity index (χ3n) is 5.69. The zero-order valence-electron chi connectivity index (χ0n) is 15.2. The van der Waals surface area contributed by atoms with E-state index >= 15 is 0 Å². The maximum Gasteiger partial charge on any atom is 0.237 e. The molecule has 2 aliphatic rings. The number of likely N-dealkylation sites (N-methyl/N-ethyl adjacent to an activating group) is 1. The fourth-order valence-corrected chi connectivity index (χ4v) is 4.18. The summed E-state index contributed by atoms with van der Waals surface area (Å²) in [5.41, 5.74) is 6.57. The Balaban J connectivity index is 1.67. The number of anilines is 1. The molecule has 0 radical (unpaired) electrons. The van der Waals surface area contributed by atoms with E-state index in [9.17, 15) is 4.79 Å². The third-order valence-corrected chi connectivity index (χ3v) is 5.69. The molecule has 0 bridgehead atoms. The first-order chi connectivity index (χ1) is 12.5. The van der Waals surface area contributed by atoms with Gasteiger partial charge in [-0.15, -0.1) is 0 Å². The molecule has 134 valence electrons. The van der Waals surface area contributed by atoms with Crippen LogP contribution in [0, 0.1) is 0 Å². The van der Waals surface area contributed by atoms with E-state index in [-0.39, 0.29) is 5.91 Å². The van der Waals surface area contributed by atoms with Crippen molar-refractivity contribution in [3.05, 3.63) is 29.0 Å². The maximum atomic E-state index is 12.7. The van der Waals surface area contributed by atoms with Crippen LogP contribution in [0.25, 0.3) is 22.6 Å². The van der Waals surface area contributed by atoms with E-state index in [1.165, 1.54) is 11.3 Å². The molecule has 3 aromatic rings. The summed E-state index contributed by atoms with van der Waals surface area (Å²) < 4.78 is 0. The van der Waals surface area contributed by atoms with Crippen LogP contribution < -0.4 is 10.2 Å². The second-order valence-corrected chi connectivity index (χ2v) is 7.60. The van der Waals surface area contributed by atoms with Gasteiger partial charge in [0.15, 0.2) is 5.82 Å². The number of amides is 1. The van der Waals surface area contributed by atoms with Gasteiger partial charge in [-0.2, -0.15) is 5.10 Å². The van der Waals surface area contributed by atoms with Gasteiger partial charge in [-0.25, -0.2) is 4.98 Å². The summed E-state index contributed by atoms with van der Waals surface area (Å²) >= 11 is 0. The number of carbonyl (C=O) groups excluding carboxylic acids is 1. The molecule has 5 rings (SSSR count). The number of aromatic amines is 2. The Labute approximate surface area is 151 Å². The Morgan fingerprint density at radius 1 is 1.31 bits per heavy atom. The predicted octanol–water partition coefficient (Wildman–Crippen LogP) is 2.24. The first-order valence-electron chi connectivity index (χ1n) is 9.14. The Kier molecular flexibility index (Phi) is 3.10. The fourth-order valence-electron chi connectivity index (χ4n) is 4.18. The minimum Gasteiger partial charge on any atom is -0.337 e. The van der Waals surface area contributed by atoms with Crippen molar-refractivity contribution in [2.24, 2.45) is 0 Å². The normalized spacial score (nSPS) is 18.4. The van der Waals surface area contributed by atoms with E-state index in [1.54, 1.807) is 0 Å². The second-order valence-electron chi connectivity index (χ2n) is 7.60. The first kappa shape index (κ1) is 15.6. The molecule has 1 aromatic carbocycles. The molecule has 2 aliphatic heterocycles. The number of nitrogens with one attached hydrogen (secondary N) is 3. The van der Waals surface area contributed by atoms with Gasteiger partial charge in [-0.1, -0.05) is 0 Å². The molecule has 0 aliphatic carbocycles. The summed E-state index contributed by atoms with van der Waals surface area (Å²) in [5.74, 6) is 0.923. The summed E-state index contributed by atoms with van der Waals surface area (Å²) in [7, 11) is 0. The van der Waals surface area contributed by atoms with Crippen molar-refractivity contribution < 1.29 is 4.79 Å². The van der Waals surface area contributed by atoms with E-state index in [2.05, 4.69) is 26.6 Å². The van der Waals surface area contributed by atoms with E-state index in [1.807, 2.05) is 31.7 Å². The van der Waals surface area contributed by atoms with Crippen LogP contribution in [0.3, 0.4) is 0 Å². The number of fused-ring (bicyclic) bond motifs is 3. The third kappa shape index (κ3) is 1.94. The van der Waals surface area contributed by atoms with E-state index in [4.69, 9.17) is 4.98 Å². The second kappa shape index (κ2) is 5.17. The van der Waals surface area contributed by atoms with E-state index < -0.39 is 5.41 Å². The lowest BCUT2D eigenvalue weighted by molar-refractivity contribution is -0.122. The molecule has 0 fully saturated rings. The van der Waals surface area contributed by atoms with Gasteiger partial charge >= 0.3 is 0 Å². The number of nitrogens with zero attached hydrogens (tertiary/aromatic N) is 3. The summed E-state index contributed by atoms with van der Waals surface area (Å²) in [6.07, 6.45) is 0.957. The molecule has 0 saturated carbocycles. The summed E-state index contributed by atoms with van der Waals surface area (Å²) in [5, 5.41) is 11.0.